The number of hydrogen-bond acceptors (Lipinski definition) is 2. The zero-order chi connectivity index (χ0) is 11.7. The zero-order valence-corrected chi connectivity index (χ0v) is 9.95. The molecule has 0 N–H and O–H groups in total. The largest absolute Gasteiger partial charge is 0.294 e. The number of hydrogen-bond donors (Lipinski definition) is 0. The number of rotatable bonds is 1. The van der Waals surface area contributed by atoms with Crippen LogP contribution in [-0.4, -0.2) is 11.5 Å². The second-order valence-corrected chi connectivity index (χ2v) is 4.28. The Balaban J connectivity index is 2.52. The number of ketones is 1. The second-order valence-electron chi connectivity index (χ2n) is 3.90. The van der Waals surface area contributed by atoms with Gasteiger partial charge in [0.1, 0.15) is 0 Å². The lowest BCUT2D eigenvalue weighted by Crippen LogP contribution is -2.21. The first-order valence-electron chi connectivity index (χ1n) is 5.11. The second kappa shape index (κ2) is 4.22. The van der Waals surface area contributed by atoms with E-state index in [1.165, 1.54) is 12.3 Å². The van der Waals surface area contributed by atoms with Crippen molar-refractivity contribution in [1.82, 2.24) is 0 Å². The van der Waals surface area contributed by atoms with Gasteiger partial charge in [-0.1, -0.05) is 29.8 Å². The van der Waals surface area contributed by atoms with E-state index in [9.17, 15) is 4.79 Å². The van der Waals surface area contributed by atoms with Crippen molar-refractivity contribution in [3.8, 4) is 0 Å². The van der Waals surface area contributed by atoms with E-state index in [4.69, 9.17) is 11.6 Å². The Labute approximate surface area is 99.7 Å². The van der Waals surface area contributed by atoms with E-state index in [-0.39, 0.29) is 11.7 Å². The van der Waals surface area contributed by atoms with Crippen molar-refractivity contribution in [2.45, 2.75) is 19.8 Å². The Kier molecular flexibility index (Phi) is 2.92. The molecule has 0 aliphatic carbocycles. The van der Waals surface area contributed by atoms with Crippen molar-refractivity contribution in [1.29, 1.82) is 0 Å². The van der Waals surface area contributed by atoms with E-state index in [1.54, 1.807) is 0 Å². The fraction of sp³-hybridized carbons (Fsp3) is 0.231. The average Bonchev–Trinajstić information content (AvgIpc) is 2.24. The van der Waals surface area contributed by atoms with Gasteiger partial charge in [0.2, 0.25) is 0 Å². The number of aryl methyl sites for hydroxylation is 1. The highest BCUT2D eigenvalue weighted by molar-refractivity contribution is 6.33. The normalized spacial score (nSPS) is 19.8. The van der Waals surface area contributed by atoms with Gasteiger partial charge in [0.05, 0.1) is 5.92 Å². The molecule has 1 unspecified atom stereocenters. The molecule has 1 aromatic carbocycles. The van der Waals surface area contributed by atoms with E-state index in [2.05, 4.69) is 4.99 Å². The maximum absolute atomic E-state index is 11.8. The predicted molar refractivity (Wildman–Crippen MR) is 66.2 cm³/mol. The van der Waals surface area contributed by atoms with Gasteiger partial charge < -0.3 is 0 Å². The van der Waals surface area contributed by atoms with E-state index in [0.29, 0.717) is 5.02 Å². The molecule has 0 bridgehead atoms. The van der Waals surface area contributed by atoms with Gasteiger partial charge in [0.15, 0.2) is 5.78 Å². The van der Waals surface area contributed by atoms with Gasteiger partial charge in [-0.2, -0.15) is 0 Å². The summed E-state index contributed by atoms with van der Waals surface area (Å²) < 4.78 is 0. The Morgan fingerprint density at radius 1 is 1.31 bits per heavy atom. The monoisotopic (exact) mass is 233 g/mol. The molecule has 1 aromatic rings. The maximum atomic E-state index is 11.8. The number of nitrogens with zero attached hydrogens (tertiary/aromatic N) is 1. The van der Waals surface area contributed by atoms with Crippen molar-refractivity contribution in [2.75, 3.05) is 0 Å². The van der Waals surface area contributed by atoms with Gasteiger partial charge in [0, 0.05) is 23.0 Å². The highest BCUT2D eigenvalue weighted by Crippen LogP contribution is 2.30. The van der Waals surface area contributed by atoms with Crippen LogP contribution in [0.25, 0.3) is 0 Å². The third kappa shape index (κ3) is 1.81. The summed E-state index contributed by atoms with van der Waals surface area (Å²) in [6.45, 7) is 3.78. The smallest absolute Gasteiger partial charge is 0.170 e. The summed E-state index contributed by atoms with van der Waals surface area (Å²) in [6.07, 6.45) is 3.04. The summed E-state index contributed by atoms with van der Waals surface area (Å²) in [5.74, 6) is -0.280. The molecule has 0 saturated carbocycles. The molecule has 0 fully saturated rings. The molecule has 82 valence electrons. The summed E-state index contributed by atoms with van der Waals surface area (Å²) in [5.41, 5.74) is 2.62. The molecule has 2 rings (SSSR count). The van der Waals surface area contributed by atoms with Gasteiger partial charge in [0.25, 0.3) is 0 Å². The summed E-state index contributed by atoms with van der Waals surface area (Å²) in [6, 6.07) is 5.73. The van der Waals surface area contributed by atoms with Gasteiger partial charge >= 0.3 is 0 Å². The van der Waals surface area contributed by atoms with Crippen LogP contribution in [-0.2, 0) is 4.79 Å². The standard InChI is InChI=1S/C13H12ClNO/c1-8-4-3-5-10(13(8)14)12-9(2)15-7-6-11(12)16/h3-7,12H,1-2H3. The summed E-state index contributed by atoms with van der Waals surface area (Å²) >= 11 is 6.23. The number of carbonyl (C=O) groups excluding carboxylic acids is 1. The fourth-order valence-electron chi connectivity index (χ4n) is 1.88. The highest BCUT2D eigenvalue weighted by Gasteiger charge is 2.25. The van der Waals surface area contributed by atoms with Crippen LogP contribution in [0.4, 0.5) is 0 Å². The first-order chi connectivity index (χ1) is 7.61. The minimum atomic E-state index is -0.322. The molecule has 0 spiro atoms. The molecule has 16 heavy (non-hydrogen) atoms. The van der Waals surface area contributed by atoms with Crippen molar-refractivity contribution < 1.29 is 4.79 Å². The number of carbonyl (C=O) groups is 1. The third-order valence-electron chi connectivity index (χ3n) is 2.75. The Bertz CT molecular complexity index is 503. The topological polar surface area (TPSA) is 29.4 Å². The van der Waals surface area contributed by atoms with E-state index in [0.717, 1.165) is 16.8 Å². The van der Waals surface area contributed by atoms with Crippen LogP contribution in [0.1, 0.15) is 24.0 Å². The molecule has 2 nitrogen and oxygen atoms in total. The molecule has 0 saturated heterocycles. The van der Waals surface area contributed by atoms with Crippen LogP contribution < -0.4 is 0 Å². The lowest BCUT2D eigenvalue weighted by atomic mass is 9.88. The fourth-order valence-corrected chi connectivity index (χ4v) is 2.11. The quantitative estimate of drug-likeness (QED) is 0.732. The van der Waals surface area contributed by atoms with E-state index >= 15 is 0 Å². The number of halogens is 1. The number of aliphatic imine (C=N–C) groups is 1. The van der Waals surface area contributed by atoms with Crippen LogP contribution in [0.5, 0.6) is 0 Å². The van der Waals surface area contributed by atoms with Crippen LogP contribution >= 0.6 is 11.6 Å². The Morgan fingerprint density at radius 3 is 2.75 bits per heavy atom. The number of benzene rings is 1. The molecule has 1 heterocycles. The van der Waals surface area contributed by atoms with Crippen molar-refractivity contribution in [2.24, 2.45) is 4.99 Å². The average molecular weight is 234 g/mol. The Morgan fingerprint density at radius 2 is 2.06 bits per heavy atom. The van der Waals surface area contributed by atoms with Gasteiger partial charge in [-0.05, 0) is 25.0 Å². The molecule has 1 aliphatic heterocycles. The molecular formula is C13H12ClNO. The molecule has 0 amide bonds. The van der Waals surface area contributed by atoms with Crippen molar-refractivity contribution in [3.63, 3.8) is 0 Å². The molecule has 1 atom stereocenters. The first-order valence-corrected chi connectivity index (χ1v) is 5.48. The minimum absolute atomic E-state index is 0.0417. The molecule has 0 aromatic heterocycles. The first kappa shape index (κ1) is 11.1. The highest BCUT2D eigenvalue weighted by atomic mass is 35.5. The van der Waals surface area contributed by atoms with Crippen LogP contribution in [0.3, 0.4) is 0 Å². The SMILES string of the molecule is CC1=NC=CC(=O)C1c1cccc(C)c1Cl. The minimum Gasteiger partial charge on any atom is -0.294 e. The third-order valence-corrected chi connectivity index (χ3v) is 3.27. The summed E-state index contributed by atoms with van der Waals surface area (Å²) in [7, 11) is 0. The lowest BCUT2D eigenvalue weighted by molar-refractivity contribution is -0.114. The number of allylic oxidation sites excluding steroid dienone is 1. The van der Waals surface area contributed by atoms with Crippen LogP contribution in [0.15, 0.2) is 35.5 Å². The molecule has 3 heteroatoms. The van der Waals surface area contributed by atoms with Crippen LogP contribution in [0.2, 0.25) is 5.02 Å². The maximum Gasteiger partial charge on any atom is 0.170 e. The van der Waals surface area contributed by atoms with Gasteiger partial charge in [-0.3, -0.25) is 9.79 Å². The summed E-state index contributed by atoms with van der Waals surface area (Å²) in [4.78, 5) is 16.0. The predicted octanol–water partition coefficient (Wildman–Crippen LogP) is 3.29. The lowest BCUT2D eigenvalue weighted by Gasteiger charge is -2.18. The summed E-state index contributed by atoms with van der Waals surface area (Å²) in [5, 5.41) is 0.658. The molecule has 1 aliphatic rings. The van der Waals surface area contributed by atoms with Gasteiger partial charge in [-0.15, -0.1) is 0 Å². The van der Waals surface area contributed by atoms with Crippen molar-refractivity contribution in [3.05, 3.63) is 46.6 Å². The Hall–Kier alpha value is -1.41. The van der Waals surface area contributed by atoms with E-state index < -0.39 is 0 Å². The van der Waals surface area contributed by atoms with E-state index in [1.807, 2.05) is 32.0 Å². The zero-order valence-electron chi connectivity index (χ0n) is 9.20. The molecule has 0 radical (unpaired) electrons. The molecular weight excluding hydrogens is 222 g/mol. The van der Waals surface area contributed by atoms with Gasteiger partial charge in [-0.25, -0.2) is 0 Å². The van der Waals surface area contributed by atoms with Crippen LogP contribution in [0, 0.1) is 6.92 Å². The van der Waals surface area contributed by atoms with Crippen molar-refractivity contribution >= 4 is 23.1 Å².